The summed E-state index contributed by atoms with van der Waals surface area (Å²) in [6, 6.07) is 1.79. The average molecular weight is 210 g/mol. The lowest BCUT2D eigenvalue weighted by atomic mass is 10.2. The third-order valence-corrected chi connectivity index (χ3v) is 2.14. The normalized spacial score (nSPS) is 10.7. The van der Waals surface area contributed by atoms with Gasteiger partial charge in [-0.3, -0.25) is 4.79 Å². The molecule has 1 aromatic rings. The maximum atomic E-state index is 11.6. The van der Waals surface area contributed by atoms with Crippen LogP contribution in [0.25, 0.3) is 0 Å². The molecule has 4 nitrogen and oxygen atoms in total. The maximum Gasteiger partial charge on any atom is 0.287 e. The van der Waals surface area contributed by atoms with Crippen LogP contribution in [-0.2, 0) is 0 Å². The number of rotatable bonds is 5. The molecule has 0 spiro atoms. The van der Waals surface area contributed by atoms with Crippen molar-refractivity contribution in [2.24, 2.45) is 0 Å². The number of carbonyl (C=O) groups is 1. The molecule has 0 saturated carbocycles. The summed E-state index contributed by atoms with van der Waals surface area (Å²) in [4.78, 5) is 13.6. The molecule has 0 saturated heterocycles. The van der Waals surface area contributed by atoms with Crippen LogP contribution in [-0.4, -0.2) is 38.0 Å². The first-order chi connectivity index (χ1) is 7.11. The summed E-state index contributed by atoms with van der Waals surface area (Å²) < 4.78 is 5.08. The highest BCUT2D eigenvalue weighted by Gasteiger charge is 2.11. The van der Waals surface area contributed by atoms with E-state index in [1.807, 2.05) is 21.0 Å². The molecule has 0 aliphatic rings. The summed E-state index contributed by atoms with van der Waals surface area (Å²) in [7, 11) is 4.02. The second-order valence-electron chi connectivity index (χ2n) is 3.85. The topological polar surface area (TPSA) is 45.5 Å². The zero-order valence-corrected chi connectivity index (χ0v) is 9.54. The molecule has 1 N–H and O–H groups in total. The van der Waals surface area contributed by atoms with Crippen molar-refractivity contribution in [1.82, 2.24) is 10.2 Å². The van der Waals surface area contributed by atoms with Gasteiger partial charge >= 0.3 is 0 Å². The molecule has 0 fully saturated rings. The third kappa shape index (κ3) is 3.75. The number of hydrogen-bond donors (Lipinski definition) is 1. The van der Waals surface area contributed by atoms with Gasteiger partial charge in [-0.2, -0.15) is 0 Å². The highest BCUT2D eigenvalue weighted by Crippen LogP contribution is 2.07. The van der Waals surface area contributed by atoms with E-state index in [9.17, 15) is 4.79 Å². The summed E-state index contributed by atoms with van der Waals surface area (Å²) in [6.45, 7) is 3.51. The van der Waals surface area contributed by atoms with E-state index < -0.39 is 0 Å². The van der Waals surface area contributed by atoms with E-state index in [-0.39, 0.29) is 5.91 Å². The summed E-state index contributed by atoms with van der Waals surface area (Å²) in [5.74, 6) is 0.288. The van der Waals surface area contributed by atoms with Crippen molar-refractivity contribution in [1.29, 1.82) is 0 Å². The molecular formula is C11H18N2O2. The van der Waals surface area contributed by atoms with E-state index in [0.717, 1.165) is 18.5 Å². The van der Waals surface area contributed by atoms with Crippen LogP contribution in [0.5, 0.6) is 0 Å². The quantitative estimate of drug-likeness (QED) is 0.744. The summed E-state index contributed by atoms with van der Waals surface area (Å²) in [5.41, 5.74) is 0.875. The maximum absolute atomic E-state index is 11.6. The van der Waals surface area contributed by atoms with Crippen LogP contribution in [0.15, 0.2) is 16.7 Å². The zero-order valence-electron chi connectivity index (χ0n) is 9.54. The molecule has 1 aromatic heterocycles. The molecule has 84 valence electrons. The fraction of sp³-hybridized carbons (Fsp3) is 0.545. The summed E-state index contributed by atoms with van der Waals surface area (Å²) in [6.07, 6.45) is 2.47. The Morgan fingerprint density at radius 3 is 2.80 bits per heavy atom. The number of amides is 1. The second-order valence-corrected chi connectivity index (χ2v) is 3.85. The highest BCUT2D eigenvalue weighted by atomic mass is 16.3. The van der Waals surface area contributed by atoms with E-state index in [2.05, 4.69) is 10.2 Å². The molecule has 4 heteroatoms. The smallest absolute Gasteiger partial charge is 0.287 e. The van der Waals surface area contributed by atoms with Crippen molar-refractivity contribution in [2.45, 2.75) is 13.3 Å². The fourth-order valence-electron chi connectivity index (χ4n) is 1.28. The Kier molecular flexibility index (Phi) is 4.37. The van der Waals surface area contributed by atoms with Crippen molar-refractivity contribution < 1.29 is 9.21 Å². The van der Waals surface area contributed by atoms with Gasteiger partial charge in [-0.25, -0.2) is 0 Å². The number of nitrogens with zero attached hydrogens (tertiary/aromatic N) is 1. The Morgan fingerprint density at radius 1 is 1.53 bits per heavy atom. The van der Waals surface area contributed by atoms with E-state index in [1.54, 1.807) is 6.07 Å². The van der Waals surface area contributed by atoms with Crippen molar-refractivity contribution in [3.63, 3.8) is 0 Å². The van der Waals surface area contributed by atoms with Crippen LogP contribution in [0.4, 0.5) is 0 Å². The van der Waals surface area contributed by atoms with Gasteiger partial charge in [-0.1, -0.05) is 0 Å². The Morgan fingerprint density at radius 2 is 2.27 bits per heavy atom. The number of carbonyl (C=O) groups excluding carboxylic acids is 1. The largest absolute Gasteiger partial charge is 0.459 e. The highest BCUT2D eigenvalue weighted by molar-refractivity contribution is 5.92. The van der Waals surface area contributed by atoms with Crippen molar-refractivity contribution in [3.8, 4) is 0 Å². The van der Waals surface area contributed by atoms with Gasteiger partial charge in [-0.05, 0) is 40.1 Å². The SMILES string of the molecule is Cc1ccoc1C(=O)NCCCN(C)C. The van der Waals surface area contributed by atoms with Gasteiger partial charge < -0.3 is 14.6 Å². The molecule has 1 heterocycles. The zero-order chi connectivity index (χ0) is 11.3. The standard InChI is InChI=1S/C11H18N2O2/c1-9-5-8-15-10(9)11(14)12-6-4-7-13(2)3/h5,8H,4,6-7H2,1-3H3,(H,12,14). The van der Waals surface area contributed by atoms with Gasteiger partial charge in [0.05, 0.1) is 6.26 Å². The Balaban J connectivity index is 2.28. The Hall–Kier alpha value is -1.29. The lowest BCUT2D eigenvalue weighted by Crippen LogP contribution is -2.27. The number of nitrogens with one attached hydrogen (secondary N) is 1. The van der Waals surface area contributed by atoms with Crippen LogP contribution < -0.4 is 5.32 Å². The summed E-state index contributed by atoms with van der Waals surface area (Å²) >= 11 is 0. The predicted octanol–water partition coefficient (Wildman–Crippen LogP) is 1.27. The van der Waals surface area contributed by atoms with Crippen LogP contribution in [0.1, 0.15) is 22.5 Å². The number of furan rings is 1. The Bertz CT molecular complexity index is 318. The molecule has 0 aliphatic heterocycles. The lowest BCUT2D eigenvalue weighted by Gasteiger charge is -2.09. The van der Waals surface area contributed by atoms with Gasteiger partial charge in [0.25, 0.3) is 5.91 Å². The molecule has 1 amide bonds. The molecular weight excluding hydrogens is 192 g/mol. The molecule has 1 rings (SSSR count). The van der Waals surface area contributed by atoms with Crippen LogP contribution in [0.3, 0.4) is 0 Å². The van der Waals surface area contributed by atoms with Crippen molar-refractivity contribution in [2.75, 3.05) is 27.2 Å². The Labute approximate surface area is 90.3 Å². The van der Waals surface area contributed by atoms with E-state index >= 15 is 0 Å². The monoisotopic (exact) mass is 210 g/mol. The lowest BCUT2D eigenvalue weighted by molar-refractivity contribution is 0.0924. The fourth-order valence-corrected chi connectivity index (χ4v) is 1.28. The van der Waals surface area contributed by atoms with Gasteiger partial charge in [0, 0.05) is 12.1 Å². The van der Waals surface area contributed by atoms with Crippen molar-refractivity contribution >= 4 is 5.91 Å². The average Bonchev–Trinajstić information content (AvgIpc) is 2.58. The minimum absolute atomic E-state index is 0.128. The predicted molar refractivity (Wildman–Crippen MR) is 58.9 cm³/mol. The number of hydrogen-bond acceptors (Lipinski definition) is 3. The summed E-state index contributed by atoms with van der Waals surface area (Å²) in [5, 5.41) is 2.82. The first-order valence-corrected chi connectivity index (χ1v) is 5.08. The first kappa shape index (κ1) is 11.8. The van der Waals surface area contributed by atoms with E-state index in [0.29, 0.717) is 12.3 Å². The van der Waals surface area contributed by atoms with Gasteiger partial charge in [0.15, 0.2) is 5.76 Å². The first-order valence-electron chi connectivity index (χ1n) is 5.08. The minimum atomic E-state index is -0.128. The molecule has 15 heavy (non-hydrogen) atoms. The van der Waals surface area contributed by atoms with Crippen LogP contribution in [0.2, 0.25) is 0 Å². The van der Waals surface area contributed by atoms with Crippen LogP contribution in [0, 0.1) is 6.92 Å². The van der Waals surface area contributed by atoms with Gasteiger partial charge in [0.2, 0.25) is 0 Å². The third-order valence-electron chi connectivity index (χ3n) is 2.14. The molecule has 0 unspecified atom stereocenters. The molecule has 0 radical (unpaired) electrons. The van der Waals surface area contributed by atoms with Gasteiger partial charge in [-0.15, -0.1) is 0 Å². The van der Waals surface area contributed by atoms with E-state index in [1.165, 1.54) is 6.26 Å². The minimum Gasteiger partial charge on any atom is -0.459 e. The van der Waals surface area contributed by atoms with Crippen LogP contribution >= 0.6 is 0 Å². The molecule has 0 bridgehead atoms. The molecule has 0 aromatic carbocycles. The molecule has 0 aliphatic carbocycles. The molecule has 0 atom stereocenters. The second kappa shape index (κ2) is 5.56. The van der Waals surface area contributed by atoms with E-state index in [4.69, 9.17) is 4.42 Å². The van der Waals surface area contributed by atoms with Gasteiger partial charge in [0.1, 0.15) is 0 Å². The van der Waals surface area contributed by atoms with Crippen molar-refractivity contribution in [3.05, 3.63) is 23.7 Å². The number of aryl methyl sites for hydroxylation is 1.